The molecular weight excluding hydrogens is 224 g/mol. The Labute approximate surface area is 108 Å². The second kappa shape index (κ2) is 4.63. The van der Waals surface area contributed by atoms with Gasteiger partial charge in [0, 0.05) is 18.7 Å². The Morgan fingerprint density at radius 3 is 3.00 bits per heavy atom. The number of hydrogen-bond acceptors (Lipinski definition) is 3. The summed E-state index contributed by atoms with van der Waals surface area (Å²) >= 11 is 0. The smallest absolute Gasteiger partial charge is 0.192 e. The fourth-order valence-electron chi connectivity index (χ4n) is 2.70. The first kappa shape index (κ1) is 11.6. The van der Waals surface area contributed by atoms with Gasteiger partial charge in [0.2, 0.25) is 0 Å². The van der Waals surface area contributed by atoms with E-state index in [1.54, 1.807) is 0 Å². The van der Waals surface area contributed by atoms with Crippen molar-refractivity contribution in [1.82, 2.24) is 4.98 Å². The largest absolute Gasteiger partial charge is 0.441 e. The predicted octanol–water partition coefficient (Wildman–Crippen LogP) is 4.13. The van der Waals surface area contributed by atoms with E-state index < -0.39 is 0 Å². The van der Waals surface area contributed by atoms with E-state index >= 15 is 0 Å². The summed E-state index contributed by atoms with van der Waals surface area (Å²) in [6.45, 7) is 4.14. The zero-order chi connectivity index (χ0) is 12.5. The second-order valence-corrected chi connectivity index (χ2v) is 5.49. The molecule has 1 atom stereocenters. The number of nitrogens with zero attached hydrogens (tertiary/aromatic N) is 1. The number of oxazole rings is 1. The van der Waals surface area contributed by atoms with Crippen LogP contribution in [-0.2, 0) is 0 Å². The standard InChI is InChI=1S/C15H20N2O/c1-10(8-12-4-3-5-12)16-13-6-7-15-14(9-13)17-11(2)18-15/h6-7,9-10,12,16H,3-5,8H2,1-2H3. The fraction of sp³-hybridized carbons (Fsp3) is 0.533. The van der Waals surface area contributed by atoms with Crippen LogP contribution in [-0.4, -0.2) is 11.0 Å². The number of rotatable bonds is 4. The molecule has 1 aromatic carbocycles. The maximum Gasteiger partial charge on any atom is 0.192 e. The quantitative estimate of drug-likeness (QED) is 0.878. The molecule has 0 amide bonds. The van der Waals surface area contributed by atoms with Crippen LogP contribution in [0.1, 0.15) is 38.5 Å². The van der Waals surface area contributed by atoms with Crippen LogP contribution in [0.15, 0.2) is 22.6 Å². The molecule has 1 fully saturated rings. The Morgan fingerprint density at radius 2 is 2.28 bits per heavy atom. The highest BCUT2D eigenvalue weighted by atomic mass is 16.3. The van der Waals surface area contributed by atoms with E-state index in [4.69, 9.17) is 4.42 Å². The summed E-state index contributed by atoms with van der Waals surface area (Å²) in [6.07, 6.45) is 5.51. The van der Waals surface area contributed by atoms with Crippen molar-refractivity contribution in [2.24, 2.45) is 5.92 Å². The molecule has 0 saturated heterocycles. The van der Waals surface area contributed by atoms with Crippen LogP contribution >= 0.6 is 0 Å². The van der Waals surface area contributed by atoms with Crippen molar-refractivity contribution in [3.8, 4) is 0 Å². The average Bonchev–Trinajstić information content (AvgIpc) is 2.63. The zero-order valence-corrected chi connectivity index (χ0v) is 11.1. The molecule has 3 rings (SSSR count). The Bertz CT molecular complexity index is 542. The molecule has 1 heterocycles. The molecule has 0 radical (unpaired) electrons. The molecule has 96 valence electrons. The maximum absolute atomic E-state index is 5.48. The van der Waals surface area contributed by atoms with Crippen LogP contribution in [0.2, 0.25) is 0 Å². The van der Waals surface area contributed by atoms with Crippen LogP contribution in [0, 0.1) is 12.8 Å². The van der Waals surface area contributed by atoms with Crippen molar-refractivity contribution in [2.75, 3.05) is 5.32 Å². The molecule has 2 aromatic rings. The fourth-order valence-corrected chi connectivity index (χ4v) is 2.70. The lowest BCUT2D eigenvalue weighted by Gasteiger charge is -2.28. The van der Waals surface area contributed by atoms with E-state index in [1.165, 1.54) is 25.7 Å². The lowest BCUT2D eigenvalue weighted by molar-refractivity contribution is 0.286. The molecule has 1 N–H and O–H groups in total. The van der Waals surface area contributed by atoms with Gasteiger partial charge in [-0.15, -0.1) is 0 Å². The van der Waals surface area contributed by atoms with Gasteiger partial charge < -0.3 is 9.73 Å². The Hall–Kier alpha value is -1.51. The topological polar surface area (TPSA) is 38.1 Å². The van der Waals surface area contributed by atoms with Gasteiger partial charge in [-0.1, -0.05) is 19.3 Å². The van der Waals surface area contributed by atoms with Crippen LogP contribution < -0.4 is 5.32 Å². The van der Waals surface area contributed by atoms with Gasteiger partial charge in [0.15, 0.2) is 11.5 Å². The summed E-state index contributed by atoms with van der Waals surface area (Å²) in [4.78, 5) is 4.36. The van der Waals surface area contributed by atoms with Crippen LogP contribution in [0.5, 0.6) is 0 Å². The van der Waals surface area contributed by atoms with E-state index in [-0.39, 0.29) is 0 Å². The van der Waals surface area contributed by atoms with E-state index in [9.17, 15) is 0 Å². The first-order valence-corrected chi connectivity index (χ1v) is 6.84. The van der Waals surface area contributed by atoms with E-state index in [0.29, 0.717) is 6.04 Å². The van der Waals surface area contributed by atoms with Crippen molar-refractivity contribution in [3.05, 3.63) is 24.1 Å². The molecule has 0 spiro atoms. The van der Waals surface area contributed by atoms with Gasteiger partial charge in [0.25, 0.3) is 0 Å². The molecular formula is C15H20N2O. The highest BCUT2D eigenvalue weighted by Gasteiger charge is 2.19. The predicted molar refractivity (Wildman–Crippen MR) is 73.8 cm³/mol. The molecule has 0 aliphatic heterocycles. The molecule has 1 saturated carbocycles. The maximum atomic E-state index is 5.48. The van der Waals surface area contributed by atoms with E-state index in [0.717, 1.165) is 28.6 Å². The van der Waals surface area contributed by atoms with Crippen molar-refractivity contribution in [2.45, 2.75) is 45.6 Å². The van der Waals surface area contributed by atoms with Crippen LogP contribution in [0.4, 0.5) is 5.69 Å². The van der Waals surface area contributed by atoms with Gasteiger partial charge in [-0.3, -0.25) is 0 Å². The van der Waals surface area contributed by atoms with E-state index in [1.807, 2.05) is 13.0 Å². The molecule has 1 aromatic heterocycles. The molecule has 1 aliphatic carbocycles. The third-order valence-corrected chi connectivity index (χ3v) is 3.82. The van der Waals surface area contributed by atoms with Crippen molar-refractivity contribution in [3.63, 3.8) is 0 Å². The van der Waals surface area contributed by atoms with Crippen molar-refractivity contribution >= 4 is 16.8 Å². The van der Waals surface area contributed by atoms with Gasteiger partial charge in [-0.2, -0.15) is 0 Å². The van der Waals surface area contributed by atoms with Crippen LogP contribution in [0.25, 0.3) is 11.1 Å². The lowest BCUT2D eigenvalue weighted by Crippen LogP contribution is -2.23. The SMILES string of the molecule is Cc1nc2cc(NC(C)CC3CCC3)ccc2o1. The van der Waals surface area contributed by atoms with Gasteiger partial charge in [-0.05, 0) is 37.5 Å². The molecule has 18 heavy (non-hydrogen) atoms. The van der Waals surface area contributed by atoms with Crippen molar-refractivity contribution < 1.29 is 4.42 Å². The number of aromatic nitrogens is 1. The third kappa shape index (κ3) is 2.35. The molecule has 3 heteroatoms. The van der Waals surface area contributed by atoms with Crippen molar-refractivity contribution in [1.29, 1.82) is 0 Å². The van der Waals surface area contributed by atoms with Gasteiger partial charge in [-0.25, -0.2) is 4.98 Å². The monoisotopic (exact) mass is 244 g/mol. The summed E-state index contributed by atoms with van der Waals surface area (Å²) < 4.78 is 5.48. The first-order chi connectivity index (χ1) is 8.70. The molecule has 3 nitrogen and oxygen atoms in total. The number of hydrogen-bond donors (Lipinski definition) is 1. The minimum absolute atomic E-state index is 0.528. The molecule has 1 unspecified atom stereocenters. The zero-order valence-electron chi connectivity index (χ0n) is 11.1. The molecule has 0 bridgehead atoms. The highest BCUT2D eigenvalue weighted by molar-refractivity contribution is 5.77. The summed E-state index contributed by atoms with van der Waals surface area (Å²) in [6, 6.07) is 6.67. The third-order valence-electron chi connectivity index (χ3n) is 3.82. The number of benzene rings is 1. The first-order valence-electron chi connectivity index (χ1n) is 6.84. The molecule has 1 aliphatic rings. The Balaban J connectivity index is 1.69. The summed E-state index contributed by atoms with van der Waals surface area (Å²) in [5.74, 6) is 1.66. The van der Waals surface area contributed by atoms with E-state index in [2.05, 4.69) is 29.4 Å². The van der Waals surface area contributed by atoms with Gasteiger partial charge >= 0.3 is 0 Å². The minimum Gasteiger partial charge on any atom is -0.441 e. The number of anilines is 1. The van der Waals surface area contributed by atoms with Gasteiger partial charge in [0.1, 0.15) is 5.52 Å². The van der Waals surface area contributed by atoms with Gasteiger partial charge in [0.05, 0.1) is 0 Å². The second-order valence-electron chi connectivity index (χ2n) is 5.49. The Morgan fingerprint density at radius 1 is 1.44 bits per heavy atom. The van der Waals surface area contributed by atoms with Crippen LogP contribution in [0.3, 0.4) is 0 Å². The number of fused-ring (bicyclic) bond motifs is 1. The average molecular weight is 244 g/mol. The normalized spacial score (nSPS) is 17.7. The summed E-state index contributed by atoms with van der Waals surface area (Å²) in [7, 11) is 0. The summed E-state index contributed by atoms with van der Waals surface area (Å²) in [5, 5.41) is 3.56. The summed E-state index contributed by atoms with van der Waals surface area (Å²) in [5.41, 5.74) is 2.95. The number of aryl methyl sites for hydroxylation is 1. The highest BCUT2D eigenvalue weighted by Crippen LogP contribution is 2.31. The lowest BCUT2D eigenvalue weighted by atomic mass is 9.81. The number of nitrogens with one attached hydrogen (secondary N) is 1. The minimum atomic E-state index is 0.528. The Kier molecular flexibility index (Phi) is 2.98.